The van der Waals surface area contributed by atoms with Crippen LogP contribution in [0.25, 0.3) is 0 Å². The zero-order valence-corrected chi connectivity index (χ0v) is 12.1. The third-order valence-corrected chi connectivity index (χ3v) is 3.15. The van der Waals surface area contributed by atoms with E-state index in [1.807, 2.05) is 25.2 Å². The Morgan fingerprint density at radius 1 is 1.26 bits per heavy atom. The molecule has 0 aliphatic heterocycles. The monoisotopic (exact) mass is 324 g/mol. The molecule has 0 atom stereocenters. The number of ether oxygens (including phenoxy) is 1. The lowest BCUT2D eigenvalue weighted by molar-refractivity contribution is 0.297. The first-order valence-electron chi connectivity index (χ1n) is 5.86. The van der Waals surface area contributed by atoms with Crippen LogP contribution in [-0.2, 0) is 13.2 Å². The molecule has 0 saturated carbocycles. The molecule has 3 nitrogen and oxygen atoms in total. The molecule has 2 aromatic rings. The second-order valence-electron chi connectivity index (χ2n) is 4.01. The molecule has 0 amide bonds. The molecular formula is C14H14BrFN2O. The van der Waals surface area contributed by atoms with E-state index in [1.54, 1.807) is 6.07 Å². The average Bonchev–Trinajstić information content (AvgIpc) is 2.41. The normalized spacial score (nSPS) is 10.5. The molecular weight excluding hydrogens is 311 g/mol. The lowest BCUT2D eigenvalue weighted by atomic mass is 10.3. The largest absolute Gasteiger partial charge is 0.486 e. The summed E-state index contributed by atoms with van der Waals surface area (Å²) < 4.78 is 19.4. The zero-order chi connectivity index (χ0) is 13.7. The lowest BCUT2D eigenvalue weighted by Gasteiger charge is -2.09. The van der Waals surface area contributed by atoms with Crippen LogP contribution in [0, 0.1) is 5.82 Å². The molecule has 1 N–H and O–H groups in total. The number of rotatable bonds is 5. The van der Waals surface area contributed by atoms with Crippen molar-refractivity contribution in [3.63, 3.8) is 0 Å². The fourth-order valence-electron chi connectivity index (χ4n) is 1.63. The first kappa shape index (κ1) is 14.0. The molecule has 19 heavy (non-hydrogen) atoms. The second-order valence-corrected chi connectivity index (χ2v) is 4.87. The van der Waals surface area contributed by atoms with E-state index in [0.29, 0.717) is 18.9 Å². The van der Waals surface area contributed by atoms with E-state index in [4.69, 9.17) is 4.74 Å². The Morgan fingerprint density at radius 2 is 2.05 bits per heavy atom. The number of pyridine rings is 1. The van der Waals surface area contributed by atoms with Gasteiger partial charge in [-0.05, 0) is 47.2 Å². The number of benzene rings is 1. The molecule has 0 spiro atoms. The van der Waals surface area contributed by atoms with Crippen molar-refractivity contribution in [3.8, 4) is 5.75 Å². The van der Waals surface area contributed by atoms with Crippen LogP contribution in [0.15, 0.2) is 40.9 Å². The molecule has 0 radical (unpaired) electrons. The van der Waals surface area contributed by atoms with Crippen molar-refractivity contribution in [2.45, 2.75) is 13.2 Å². The van der Waals surface area contributed by atoms with Crippen LogP contribution in [0.4, 0.5) is 4.39 Å². The summed E-state index contributed by atoms with van der Waals surface area (Å²) in [6.45, 7) is 1.01. The second kappa shape index (κ2) is 6.63. The summed E-state index contributed by atoms with van der Waals surface area (Å²) in [6.07, 6.45) is 0. The van der Waals surface area contributed by atoms with Crippen LogP contribution < -0.4 is 10.1 Å². The number of hydrogen-bond acceptors (Lipinski definition) is 3. The number of nitrogens with one attached hydrogen (secondary N) is 1. The van der Waals surface area contributed by atoms with Gasteiger partial charge in [0.1, 0.15) is 18.2 Å². The van der Waals surface area contributed by atoms with Gasteiger partial charge in [0.05, 0.1) is 15.9 Å². The molecule has 100 valence electrons. The standard InChI is InChI=1S/C14H14BrFN2O/c1-17-8-11-3-2-4-12(18-11)9-19-14-7-10(16)5-6-13(14)15/h2-7,17H,8-9H2,1H3. The average molecular weight is 325 g/mol. The van der Waals surface area contributed by atoms with Gasteiger partial charge in [-0.25, -0.2) is 4.39 Å². The van der Waals surface area contributed by atoms with E-state index in [1.165, 1.54) is 12.1 Å². The number of halogens is 2. The van der Waals surface area contributed by atoms with Gasteiger partial charge < -0.3 is 10.1 Å². The molecule has 1 aromatic carbocycles. The quantitative estimate of drug-likeness (QED) is 0.916. The molecule has 1 aromatic heterocycles. The summed E-state index contributed by atoms with van der Waals surface area (Å²) in [6, 6.07) is 10.1. The van der Waals surface area contributed by atoms with E-state index in [2.05, 4.69) is 26.2 Å². The van der Waals surface area contributed by atoms with E-state index in [9.17, 15) is 4.39 Å². The first-order chi connectivity index (χ1) is 9.19. The fraction of sp³-hybridized carbons (Fsp3) is 0.214. The van der Waals surface area contributed by atoms with Crippen LogP contribution in [0.1, 0.15) is 11.4 Å². The summed E-state index contributed by atoms with van der Waals surface area (Å²) in [5.74, 6) is 0.149. The van der Waals surface area contributed by atoms with Gasteiger partial charge in [-0.2, -0.15) is 0 Å². The molecule has 0 aliphatic carbocycles. The van der Waals surface area contributed by atoms with Crippen LogP contribution in [0.3, 0.4) is 0 Å². The third-order valence-electron chi connectivity index (χ3n) is 2.49. The van der Waals surface area contributed by atoms with Crippen molar-refractivity contribution in [3.05, 3.63) is 58.1 Å². The summed E-state index contributed by atoms with van der Waals surface area (Å²) in [7, 11) is 1.87. The van der Waals surface area contributed by atoms with Crippen molar-refractivity contribution >= 4 is 15.9 Å². The summed E-state index contributed by atoms with van der Waals surface area (Å²) in [5, 5.41) is 3.04. The van der Waals surface area contributed by atoms with E-state index in [-0.39, 0.29) is 5.82 Å². The molecule has 0 fully saturated rings. The van der Waals surface area contributed by atoms with Crippen LogP contribution >= 0.6 is 15.9 Å². The van der Waals surface area contributed by atoms with Gasteiger partial charge in [-0.1, -0.05) is 6.07 Å². The molecule has 5 heteroatoms. The number of nitrogens with zero attached hydrogens (tertiary/aromatic N) is 1. The highest BCUT2D eigenvalue weighted by Crippen LogP contribution is 2.26. The van der Waals surface area contributed by atoms with E-state index in [0.717, 1.165) is 15.9 Å². The summed E-state index contributed by atoms with van der Waals surface area (Å²) >= 11 is 3.32. The summed E-state index contributed by atoms with van der Waals surface area (Å²) in [5.41, 5.74) is 1.76. The van der Waals surface area contributed by atoms with Crippen LogP contribution in [-0.4, -0.2) is 12.0 Å². The Labute approximate surface area is 119 Å². The minimum atomic E-state index is -0.324. The van der Waals surface area contributed by atoms with Crippen molar-refractivity contribution in [2.75, 3.05) is 7.05 Å². The van der Waals surface area contributed by atoms with Gasteiger partial charge in [-0.3, -0.25) is 4.98 Å². The van der Waals surface area contributed by atoms with Gasteiger partial charge in [-0.15, -0.1) is 0 Å². The van der Waals surface area contributed by atoms with Crippen molar-refractivity contribution in [1.29, 1.82) is 0 Å². The SMILES string of the molecule is CNCc1cccc(COc2cc(F)ccc2Br)n1. The van der Waals surface area contributed by atoms with Crippen molar-refractivity contribution in [1.82, 2.24) is 10.3 Å². The Bertz CT molecular complexity index is 563. The van der Waals surface area contributed by atoms with Gasteiger partial charge in [0.25, 0.3) is 0 Å². The molecule has 1 heterocycles. The highest BCUT2D eigenvalue weighted by molar-refractivity contribution is 9.10. The van der Waals surface area contributed by atoms with Gasteiger partial charge in [0.2, 0.25) is 0 Å². The van der Waals surface area contributed by atoms with Gasteiger partial charge >= 0.3 is 0 Å². The Balaban J connectivity index is 2.05. The minimum Gasteiger partial charge on any atom is -0.486 e. The highest BCUT2D eigenvalue weighted by atomic mass is 79.9. The van der Waals surface area contributed by atoms with Gasteiger partial charge in [0, 0.05) is 12.6 Å². The van der Waals surface area contributed by atoms with Crippen molar-refractivity contribution < 1.29 is 9.13 Å². The minimum absolute atomic E-state index is 0.305. The van der Waals surface area contributed by atoms with Crippen molar-refractivity contribution in [2.24, 2.45) is 0 Å². The number of aromatic nitrogens is 1. The Hall–Kier alpha value is -1.46. The third kappa shape index (κ3) is 4.01. The van der Waals surface area contributed by atoms with Crippen LogP contribution in [0.5, 0.6) is 5.75 Å². The zero-order valence-electron chi connectivity index (χ0n) is 10.5. The highest BCUT2D eigenvalue weighted by Gasteiger charge is 2.04. The predicted molar refractivity (Wildman–Crippen MR) is 75.4 cm³/mol. The molecule has 0 saturated heterocycles. The molecule has 0 aliphatic rings. The van der Waals surface area contributed by atoms with Gasteiger partial charge in [0.15, 0.2) is 0 Å². The predicted octanol–water partition coefficient (Wildman–Crippen LogP) is 3.28. The maximum absolute atomic E-state index is 13.1. The van der Waals surface area contributed by atoms with E-state index < -0.39 is 0 Å². The molecule has 0 unspecified atom stereocenters. The topological polar surface area (TPSA) is 34.1 Å². The fourth-order valence-corrected chi connectivity index (χ4v) is 1.99. The Kier molecular flexibility index (Phi) is 4.87. The van der Waals surface area contributed by atoms with E-state index >= 15 is 0 Å². The molecule has 2 rings (SSSR count). The molecule has 0 bridgehead atoms. The van der Waals surface area contributed by atoms with Crippen LogP contribution in [0.2, 0.25) is 0 Å². The lowest BCUT2D eigenvalue weighted by Crippen LogP contribution is -2.08. The maximum atomic E-state index is 13.1. The maximum Gasteiger partial charge on any atom is 0.136 e. The summed E-state index contributed by atoms with van der Waals surface area (Å²) in [4.78, 5) is 4.43. The Morgan fingerprint density at radius 3 is 2.84 bits per heavy atom. The smallest absolute Gasteiger partial charge is 0.136 e. The number of hydrogen-bond donors (Lipinski definition) is 1. The first-order valence-corrected chi connectivity index (χ1v) is 6.65.